The molecule has 1 aromatic carbocycles. The third-order valence-electron chi connectivity index (χ3n) is 5.35. The molecule has 0 spiro atoms. The van der Waals surface area contributed by atoms with E-state index >= 15 is 0 Å². The van der Waals surface area contributed by atoms with Gasteiger partial charge in [-0.2, -0.15) is 0 Å². The zero-order valence-electron chi connectivity index (χ0n) is 14.1. The molecular weight excluding hydrogens is 272 g/mol. The van der Waals surface area contributed by atoms with E-state index in [1.165, 1.54) is 51.4 Å². The second-order valence-corrected chi connectivity index (χ2v) is 7.47. The minimum absolute atomic E-state index is 0.405. The van der Waals surface area contributed by atoms with Gasteiger partial charge in [-0.15, -0.1) is 0 Å². The summed E-state index contributed by atoms with van der Waals surface area (Å²) in [4.78, 5) is 0. The first kappa shape index (κ1) is 15.7. The van der Waals surface area contributed by atoms with Crippen LogP contribution >= 0.6 is 0 Å². The van der Waals surface area contributed by atoms with Gasteiger partial charge in [0.1, 0.15) is 11.5 Å². The number of ether oxygens (including phenoxy) is 2. The topological polar surface area (TPSA) is 18.5 Å². The molecule has 0 radical (unpaired) electrons. The average Bonchev–Trinajstić information content (AvgIpc) is 2.54. The maximum Gasteiger partial charge on any atom is 0.119 e. The largest absolute Gasteiger partial charge is 0.490 e. The second kappa shape index (κ2) is 7.39. The molecule has 2 saturated carbocycles. The van der Waals surface area contributed by atoms with Gasteiger partial charge in [-0.25, -0.2) is 0 Å². The van der Waals surface area contributed by atoms with Crippen molar-refractivity contribution >= 4 is 0 Å². The molecule has 122 valence electrons. The van der Waals surface area contributed by atoms with E-state index in [1.807, 2.05) is 0 Å². The lowest BCUT2D eigenvalue weighted by Crippen LogP contribution is -2.23. The summed E-state index contributed by atoms with van der Waals surface area (Å²) >= 11 is 0. The lowest BCUT2D eigenvalue weighted by Gasteiger charge is -2.28. The van der Waals surface area contributed by atoms with Crippen molar-refractivity contribution in [3.05, 3.63) is 24.3 Å². The van der Waals surface area contributed by atoms with Crippen LogP contribution in [0.25, 0.3) is 0 Å². The van der Waals surface area contributed by atoms with Crippen molar-refractivity contribution in [3.8, 4) is 11.5 Å². The van der Waals surface area contributed by atoms with Crippen molar-refractivity contribution in [2.75, 3.05) is 0 Å². The Morgan fingerprint density at radius 3 is 1.23 bits per heavy atom. The van der Waals surface area contributed by atoms with E-state index in [2.05, 4.69) is 38.1 Å². The molecule has 0 atom stereocenters. The molecule has 3 rings (SSSR count). The fraction of sp³-hybridized carbons (Fsp3) is 0.700. The van der Waals surface area contributed by atoms with Crippen molar-refractivity contribution in [2.45, 2.75) is 77.4 Å². The van der Waals surface area contributed by atoms with E-state index in [1.54, 1.807) is 0 Å². The third kappa shape index (κ3) is 4.41. The maximum absolute atomic E-state index is 6.11. The summed E-state index contributed by atoms with van der Waals surface area (Å²) in [7, 11) is 0. The maximum atomic E-state index is 6.11. The summed E-state index contributed by atoms with van der Waals surface area (Å²) in [5.41, 5.74) is 0. The van der Waals surface area contributed by atoms with Crippen LogP contribution in [0.4, 0.5) is 0 Å². The molecule has 0 aromatic heterocycles. The second-order valence-electron chi connectivity index (χ2n) is 7.47. The SMILES string of the molecule is CC1CCC(Oc2ccc(OC3CCC(C)CC3)cc2)CC1. The highest BCUT2D eigenvalue weighted by atomic mass is 16.5. The molecule has 0 saturated heterocycles. The Morgan fingerprint density at radius 1 is 0.591 bits per heavy atom. The molecule has 0 N–H and O–H groups in total. The molecule has 2 fully saturated rings. The van der Waals surface area contributed by atoms with Crippen molar-refractivity contribution in [1.82, 2.24) is 0 Å². The van der Waals surface area contributed by atoms with Crippen molar-refractivity contribution in [1.29, 1.82) is 0 Å². The first-order chi connectivity index (χ1) is 10.7. The van der Waals surface area contributed by atoms with E-state index in [0.717, 1.165) is 23.3 Å². The predicted octanol–water partition coefficient (Wildman–Crippen LogP) is 5.60. The van der Waals surface area contributed by atoms with Gasteiger partial charge in [-0.3, -0.25) is 0 Å². The smallest absolute Gasteiger partial charge is 0.119 e. The molecular formula is C20H30O2. The third-order valence-corrected chi connectivity index (χ3v) is 5.35. The normalized spacial score (nSPS) is 32.5. The van der Waals surface area contributed by atoms with Crippen molar-refractivity contribution in [3.63, 3.8) is 0 Å². The Morgan fingerprint density at radius 2 is 0.909 bits per heavy atom. The number of hydrogen-bond donors (Lipinski definition) is 0. The Hall–Kier alpha value is -1.18. The van der Waals surface area contributed by atoms with Gasteiger partial charge >= 0.3 is 0 Å². The molecule has 2 heteroatoms. The highest BCUT2D eigenvalue weighted by Crippen LogP contribution is 2.30. The summed E-state index contributed by atoms with van der Waals surface area (Å²) in [5.74, 6) is 3.72. The van der Waals surface area contributed by atoms with Gasteiger partial charge in [0.2, 0.25) is 0 Å². The Kier molecular flexibility index (Phi) is 5.28. The zero-order chi connectivity index (χ0) is 15.4. The number of rotatable bonds is 4. The molecule has 0 unspecified atom stereocenters. The van der Waals surface area contributed by atoms with Gasteiger partial charge < -0.3 is 9.47 Å². The van der Waals surface area contributed by atoms with Crippen LogP contribution in [-0.4, -0.2) is 12.2 Å². The first-order valence-electron chi connectivity index (χ1n) is 9.12. The van der Waals surface area contributed by atoms with Gasteiger partial charge in [-0.1, -0.05) is 13.8 Å². The summed E-state index contributed by atoms with van der Waals surface area (Å²) in [5, 5.41) is 0. The van der Waals surface area contributed by atoms with Gasteiger partial charge in [0.15, 0.2) is 0 Å². The van der Waals surface area contributed by atoms with E-state index in [-0.39, 0.29) is 0 Å². The average molecular weight is 302 g/mol. The Labute approximate surface area is 135 Å². The minimum Gasteiger partial charge on any atom is -0.490 e. The molecule has 22 heavy (non-hydrogen) atoms. The molecule has 2 aliphatic rings. The standard InChI is InChI=1S/C20H30O2/c1-15-3-7-17(8-4-15)21-19-11-13-20(14-12-19)22-18-9-5-16(2)6-10-18/h11-18H,3-10H2,1-2H3. The van der Waals surface area contributed by atoms with Crippen molar-refractivity contribution in [2.24, 2.45) is 11.8 Å². The molecule has 1 aromatic rings. The van der Waals surface area contributed by atoms with Crippen LogP contribution in [0.15, 0.2) is 24.3 Å². The van der Waals surface area contributed by atoms with Crippen LogP contribution in [-0.2, 0) is 0 Å². The van der Waals surface area contributed by atoms with Crippen LogP contribution in [0.3, 0.4) is 0 Å². The molecule has 2 aliphatic carbocycles. The van der Waals surface area contributed by atoms with Crippen LogP contribution in [0.2, 0.25) is 0 Å². The molecule has 2 nitrogen and oxygen atoms in total. The van der Waals surface area contributed by atoms with Crippen LogP contribution in [0.5, 0.6) is 11.5 Å². The first-order valence-corrected chi connectivity index (χ1v) is 9.12. The zero-order valence-corrected chi connectivity index (χ0v) is 14.1. The summed E-state index contributed by atoms with van der Waals surface area (Å²) in [6, 6.07) is 8.27. The van der Waals surface area contributed by atoms with E-state index in [4.69, 9.17) is 9.47 Å². The van der Waals surface area contributed by atoms with Crippen LogP contribution in [0.1, 0.15) is 65.2 Å². The van der Waals surface area contributed by atoms with Crippen LogP contribution in [0, 0.1) is 11.8 Å². The monoisotopic (exact) mass is 302 g/mol. The summed E-state index contributed by atoms with van der Waals surface area (Å²) in [6.07, 6.45) is 10.8. The van der Waals surface area contributed by atoms with Crippen molar-refractivity contribution < 1.29 is 9.47 Å². The van der Waals surface area contributed by atoms with Gasteiger partial charge in [0.25, 0.3) is 0 Å². The number of hydrogen-bond acceptors (Lipinski definition) is 2. The van der Waals surface area contributed by atoms with E-state index in [0.29, 0.717) is 12.2 Å². The predicted molar refractivity (Wildman–Crippen MR) is 90.5 cm³/mol. The summed E-state index contributed by atoms with van der Waals surface area (Å²) < 4.78 is 12.2. The van der Waals surface area contributed by atoms with E-state index in [9.17, 15) is 0 Å². The van der Waals surface area contributed by atoms with E-state index < -0.39 is 0 Å². The molecule has 0 amide bonds. The highest BCUT2D eigenvalue weighted by molar-refractivity contribution is 5.31. The quantitative estimate of drug-likeness (QED) is 0.720. The van der Waals surface area contributed by atoms with Gasteiger partial charge in [0.05, 0.1) is 12.2 Å². The number of benzene rings is 1. The lowest BCUT2D eigenvalue weighted by molar-refractivity contribution is 0.131. The molecule has 0 heterocycles. The fourth-order valence-corrected chi connectivity index (χ4v) is 3.68. The summed E-state index contributed by atoms with van der Waals surface area (Å²) in [6.45, 7) is 4.68. The fourth-order valence-electron chi connectivity index (χ4n) is 3.68. The molecule has 0 aliphatic heterocycles. The van der Waals surface area contributed by atoms with Gasteiger partial charge in [0, 0.05) is 0 Å². The lowest BCUT2D eigenvalue weighted by atomic mass is 9.89. The Balaban J connectivity index is 1.47. The van der Waals surface area contributed by atoms with Gasteiger partial charge in [-0.05, 0) is 87.5 Å². The molecule has 0 bridgehead atoms. The minimum atomic E-state index is 0.405. The van der Waals surface area contributed by atoms with Crippen LogP contribution < -0.4 is 9.47 Å². The Bertz CT molecular complexity index is 394. The highest BCUT2D eigenvalue weighted by Gasteiger charge is 2.21.